The highest BCUT2D eigenvalue weighted by atomic mass is 16.2. The van der Waals surface area contributed by atoms with E-state index in [4.69, 9.17) is 5.10 Å². The first-order chi connectivity index (χ1) is 16.3. The zero-order chi connectivity index (χ0) is 22.5. The summed E-state index contributed by atoms with van der Waals surface area (Å²) in [5, 5.41) is 4.95. The Bertz CT molecular complexity index is 1030. The van der Waals surface area contributed by atoms with Crippen LogP contribution in [-0.2, 0) is 11.3 Å². The lowest BCUT2D eigenvalue weighted by molar-refractivity contribution is -0.133. The maximum absolute atomic E-state index is 12.6. The number of rotatable bonds is 6. The largest absolute Gasteiger partial charge is 0.342 e. The van der Waals surface area contributed by atoms with E-state index in [1.807, 2.05) is 28.9 Å². The number of aromatic nitrogens is 2. The van der Waals surface area contributed by atoms with Crippen LogP contribution in [0.25, 0.3) is 16.9 Å². The molecule has 3 heterocycles. The van der Waals surface area contributed by atoms with Gasteiger partial charge < -0.3 is 4.90 Å². The van der Waals surface area contributed by atoms with E-state index < -0.39 is 0 Å². The average Bonchev–Trinajstić information content (AvgIpc) is 3.30. The summed E-state index contributed by atoms with van der Waals surface area (Å²) in [7, 11) is 0. The summed E-state index contributed by atoms with van der Waals surface area (Å²) in [4.78, 5) is 19.5. The summed E-state index contributed by atoms with van der Waals surface area (Å²) in [6.07, 6.45) is 5.73. The molecule has 6 heteroatoms. The van der Waals surface area contributed by atoms with Crippen LogP contribution in [0, 0.1) is 0 Å². The van der Waals surface area contributed by atoms with Gasteiger partial charge in [0.25, 0.3) is 0 Å². The quantitative estimate of drug-likeness (QED) is 0.583. The lowest BCUT2D eigenvalue weighted by Crippen LogP contribution is -2.50. The van der Waals surface area contributed by atoms with Crippen molar-refractivity contribution in [2.45, 2.75) is 25.8 Å². The minimum atomic E-state index is 0.304. The van der Waals surface area contributed by atoms with Gasteiger partial charge in [0.05, 0.1) is 17.9 Å². The molecule has 2 aromatic carbocycles. The first-order valence-corrected chi connectivity index (χ1v) is 12.2. The van der Waals surface area contributed by atoms with E-state index in [1.54, 1.807) is 0 Å². The fraction of sp³-hybridized carbons (Fsp3) is 0.407. The van der Waals surface area contributed by atoms with E-state index in [2.05, 4.69) is 57.3 Å². The van der Waals surface area contributed by atoms with Gasteiger partial charge in [-0.15, -0.1) is 0 Å². The Balaban J connectivity index is 1.25. The molecule has 0 spiro atoms. The summed E-state index contributed by atoms with van der Waals surface area (Å²) in [6.45, 7) is 7.12. The Morgan fingerprint density at radius 2 is 1.39 bits per heavy atom. The number of nitrogens with zero attached hydrogens (tertiary/aromatic N) is 5. The Hall–Kier alpha value is -2.96. The number of carbonyl (C=O) groups is 1. The third-order valence-corrected chi connectivity index (χ3v) is 6.78. The van der Waals surface area contributed by atoms with Crippen LogP contribution in [0.4, 0.5) is 0 Å². The molecule has 3 aromatic rings. The van der Waals surface area contributed by atoms with Gasteiger partial charge in [0.2, 0.25) is 5.91 Å². The van der Waals surface area contributed by atoms with Gasteiger partial charge >= 0.3 is 0 Å². The predicted molar refractivity (Wildman–Crippen MR) is 131 cm³/mol. The molecule has 33 heavy (non-hydrogen) atoms. The normalized spacial score (nSPS) is 17.9. The monoisotopic (exact) mass is 443 g/mol. The molecule has 2 aliphatic heterocycles. The Morgan fingerprint density at radius 1 is 0.758 bits per heavy atom. The van der Waals surface area contributed by atoms with Gasteiger partial charge in [0.1, 0.15) is 0 Å². The Labute approximate surface area is 196 Å². The molecule has 0 N–H and O–H groups in total. The number of hydrogen-bond acceptors (Lipinski definition) is 4. The van der Waals surface area contributed by atoms with Crippen LogP contribution >= 0.6 is 0 Å². The molecular formula is C27H33N5O. The van der Waals surface area contributed by atoms with Gasteiger partial charge in [-0.05, 0) is 31.4 Å². The highest BCUT2D eigenvalue weighted by Crippen LogP contribution is 2.25. The van der Waals surface area contributed by atoms with E-state index in [-0.39, 0.29) is 0 Å². The second-order valence-electron chi connectivity index (χ2n) is 9.14. The number of benzene rings is 2. The molecule has 0 aliphatic carbocycles. The zero-order valence-electron chi connectivity index (χ0n) is 19.3. The number of carbonyl (C=O) groups excluding carboxylic acids is 1. The van der Waals surface area contributed by atoms with E-state index in [0.29, 0.717) is 12.5 Å². The summed E-state index contributed by atoms with van der Waals surface area (Å²) in [6, 6.07) is 20.7. The van der Waals surface area contributed by atoms with Crippen LogP contribution in [-0.4, -0.2) is 76.2 Å². The molecule has 6 nitrogen and oxygen atoms in total. The third-order valence-electron chi connectivity index (χ3n) is 6.78. The number of piperazine rings is 1. The lowest BCUT2D eigenvalue weighted by Gasteiger charge is -2.36. The SMILES string of the molecule is O=C(CN1CCN(Cc2cn(-c3ccccc3)nc2-c2ccccc2)CC1)N1CCCCC1. The second kappa shape index (κ2) is 10.3. The molecular weight excluding hydrogens is 410 g/mol. The van der Waals surface area contributed by atoms with Crippen LogP contribution in [0.2, 0.25) is 0 Å². The van der Waals surface area contributed by atoms with Crippen LogP contribution in [0.1, 0.15) is 24.8 Å². The topological polar surface area (TPSA) is 44.6 Å². The lowest BCUT2D eigenvalue weighted by atomic mass is 10.1. The summed E-state index contributed by atoms with van der Waals surface area (Å²) >= 11 is 0. The zero-order valence-corrected chi connectivity index (χ0v) is 19.3. The van der Waals surface area contributed by atoms with Gasteiger partial charge in [-0.1, -0.05) is 48.5 Å². The molecule has 0 bridgehead atoms. The Kier molecular flexibility index (Phi) is 6.84. The summed E-state index contributed by atoms with van der Waals surface area (Å²) in [5.41, 5.74) is 4.50. The van der Waals surface area contributed by atoms with Crippen LogP contribution in [0.15, 0.2) is 66.9 Å². The number of likely N-dealkylation sites (tertiary alicyclic amines) is 1. The number of para-hydroxylation sites is 1. The van der Waals surface area contributed by atoms with E-state index in [1.165, 1.54) is 12.0 Å². The van der Waals surface area contributed by atoms with Crippen molar-refractivity contribution in [2.75, 3.05) is 45.8 Å². The minimum absolute atomic E-state index is 0.304. The van der Waals surface area contributed by atoms with Crippen LogP contribution in [0.3, 0.4) is 0 Å². The Morgan fingerprint density at radius 3 is 2.09 bits per heavy atom. The van der Waals surface area contributed by atoms with Gasteiger partial charge in [-0.25, -0.2) is 4.68 Å². The van der Waals surface area contributed by atoms with E-state index in [9.17, 15) is 4.79 Å². The smallest absolute Gasteiger partial charge is 0.236 e. The van der Waals surface area contributed by atoms with Crippen molar-refractivity contribution in [2.24, 2.45) is 0 Å². The van der Waals surface area contributed by atoms with Crippen LogP contribution < -0.4 is 0 Å². The van der Waals surface area contributed by atoms with Crippen molar-refractivity contribution in [3.05, 3.63) is 72.4 Å². The van der Waals surface area contributed by atoms with Crippen molar-refractivity contribution in [1.29, 1.82) is 0 Å². The predicted octanol–water partition coefficient (Wildman–Crippen LogP) is 3.67. The number of amides is 1. The highest BCUT2D eigenvalue weighted by Gasteiger charge is 2.24. The molecule has 2 aliphatic rings. The second-order valence-corrected chi connectivity index (χ2v) is 9.14. The number of hydrogen-bond donors (Lipinski definition) is 0. The van der Waals surface area contributed by atoms with E-state index in [0.717, 1.165) is 75.6 Å². The van der Waals surface area contributed by atoms with Gasteiger partial charge in [0.15, 0.2) is 0 Å². The molecule has 0 atom stereocenters. The molecule has 2 fully saturated rings. The molecule has 1 aromatic heterocycles. The fourth-order valence-electron chi connectivity index (χ4n) is 4.86. The number of piperidine rings is 1. The third kappa shape index (κ3) is 5.34. The van der Waals surface area contributed by atoms with Crippen molar-refractivity contribution in [1.82, 2.24) is 24.5 Å². The van der Waals surface area contributed by atoms with E-state index >= 15 is 0 Å². The van der Waals surface area contributed by atoms with Gasteiger partial charge in [0, 0.05) is 63.1 Å². The van der Waals surface area contributed by atoms with Crippen LogP contribution in [0.5, 0.6) is 0 Å². The van der Waals surface area contributed by atoms with Gasteiger partial charge in [-0.2, -0.15) is 5.10 Å². The maximum atomic E-state index is 12.6. The van der Waals surface area contributed by atoms with Crippen molar-refractivity contribution in [3.8, 4) is 16.9 Å². The highest BCUT2D eigenvalue weighted by molar-refractivity contribution is 5.78. The summed E-state index contributed by atoms with van der Waals surface area (Å²) < 4.78 is 1.99. The van der Waals surface area contributed by atoms with Crippen molar-refractivity contribution >= 4 is 5.91 Å². The van der Waals surface area contributed by atoms with Crippen molar-refractivity contribution in [3.63, 3.8) is 0 Å². The van der Waals surface area contributed by atoms with Crippen molar-refractivity contribution < 1.29 is 4.79 Å². The van der Waals surface area contributed by atoms with Gasteiger partial charge in [-0.3, -0.25) is 14.6 Å². The average molecular weight is 444 g/mol. The first kappa shape index (κ1) is 21.9. The molecule has 172 valence electrons. The standard InChI is InChI=1S/C27H33N5O/c33-26(31-14-8-3-9-15-31)22-30-18-16-29(17-19-30)20-24-21-32(25-12-6-2-7-13-25)28-27(24)23-10-4-1-5-11-23/h1-2,4-7,10-13,21H,3,8-9,14-20,22H2. The fourth-order valence-corrected chi connectivity index (χ4v) is 4.86. The molecule has 0 unspecified atom stereocenters. The first-order valence-electron chi connectivity index (χ1n) is 12.2. The molecule has 5 rings (SSSR count). The molecule has 0 radical (unpaired) electrons. The maximum Gasteiger partial charge on any atom is 0.236 e. The summed E-state index contributed by atoms with van der Waals surface area (Å²) in [5.74, 6) is 0.304. The molecule has 2 saturated heterocycles. The molecule has 0 saturated carbocycles. The minimum Gasteiger partial charge on any atom is -0.342 e. The molecule has 1 amide bonds.